The Morgan fingerprint density at radius 1 is 1.07 bits per heavy atom. The van der Waals surface area contributed by atoms with Crippen molar-refractivity contribution in [2.75, 3.05) is 0 Å². The minimum atomic E-state index is 0.486. The number of hydrogen-bond donors (Lipinski definition) is 0. The van der Waals surface area contributed by atoms with E-state index in [1.165, 1.54) is 11.1 Å². The molecule has 0 aliphatic heterocycles. The molecule has 2 heterocycles. The molecule has 0 radical (unpaired) electrons. The van der Waals surface area contributed by atoms with Crippen LogP contribution in [0.5, 0.6) is 0 Å². The Hall–Kier alpha value is -2.57. The van der Waals surface area contributed by atoms with Crippen LogP contribution in [0, 0.1) is 13.8 Å². The zero-order chi connectivity index (χ0) is 18.8. The number of imidazole rings is 1. The van der Waals surface area contributed by atoms with E-state index in [-0.39, 0.29) is 0 Å². The first-order valence-corrected chi connectivity index (χ1v) is 9.78. The van der Waals surface area contributed by atoms with E-state index in [1.807, 2.05) is 18.3 Å². The average Bonchev–Trinajstić information content (AvgIpc) is 3.30. The SMILES string of the molecule is Cc1ccc(-n2ccnc2SCc2nnc(-c3ccc(Cl)cc3)o2)c(C)c1. The smallest absolute Gasteiger partial charge is 0.247 e. The van der Waals surface area contributed by atoms with E-state index in [4.69, 9.17) is 16.0 Å². The largest absolute Gasteiger partial charge is 0.420 e. The van der Waals surface area contributed by atoms with Gasteiger partial charge in [0.25, 0.3) is 0 Å². The third kappa shape index (κ3) is 3.91. The van der Waals surface area contributed by atoms with Gasteiger partial charge in [0.1, 0.15) is 0 Å². The van der Waals surface area contributed by atoms with Crippen LogP contribution >= 0.6 is 23.4 Å². The van der Waals surface area contributed by atoms with Gasteiger partial charge in [0, 0.05) is 23.0 Å². The highest BCUT2D eigenvalue weighted by atomic mass is 35.5. The second-order valence-corrected chi connectivity index (χ2v) is 7.55. The highest BCUT2D eigenvalue weighted by Crippen LogP contribution is 2.27. The number of aromatic nitrogens is 4. The first-order valence-electron chi connectivity index (χ1n) is 8.42. The van der Waals surface area contributed by atoms with Gasteiger partial charge in [0.2, 0.25) is 11.8 Å². The highest BCUT2D eigenvalue weighted by molar-refractivity contribution is 7.98. The Bertz CT molecular complexity index is 1070. The van der Waals surface area contributed by atoms with Gasteiger partial charge >= 0.3 is 0 Å². The maximum atomic E-state index is 5.92. The quantitative estimate of drug-likeness (QED) is 0.418. The maximum absolute atomic E-state index is 5.92. The molecule has 0 spiro atoms. The number of benzene rings is 2. The van der Waals surface area contributed by atoms with Crippen molar-refractivity contribution in [1.29, 1.82) is 0 Å². The molecule has 0 atom stereocenters. The molecule has 0 N–H and O–H groups in total. The molecule has 0 saturated heterocycles. The van der Waals surface area contributed by atoms with Gasteiger partial charge in [-0.3, -0.25) is 4.57 Å². The van der Waals surface area contributed by atoms with Crippen LogP contribution in [0.25, 0.3) is 17.1 Å². The summed E-state index contributed by atoms with van der Waals surface area (Å²) in [6.07, 6.45) is 3.77. The fourth-order valence-corrected chi connectivity index (χ4v) is 3.73. The van der Waals surface area contributed by atoms with Crippen molar-refractivity contribution in [2.24, 2.45) is 0 Å². The van der Waals surface area contributed by atoms with Crippen molar-refractivity contribution >= 4 is 23.4 Å². The number of hydrogen-bond acceptors (Lipinski definition) is 5. The molecule has 136 valence electrons. The van der Waals surface area contributed by atoms with Crippen LogP contribution in [0.2, 0.25) is 5.02 Å². The van der Waals surface area contributed by atoms with Gasteiger partial charge in [-0.05, 0) is 49.7 Å². The minimum Gasteiger partial charge on any atom is -0.420 e. The first kappa shape index (κ1) is 17.8. The predicted molar refractivity (Wildman–Crippen MR) is 107 cm³/mol. The van der Waals surface area contributed by atoms with Crippen LogP contribution in [0.4, 0.5) is 0 Å². The normalized spacial score (nSPS) is 11.1. The fourth-order valence-electron chi connectivity index (χ4n) is 2.80. The number of thioether (sulfide) groups is 1. The van der Waals surface area contributed by atoms with Gasteiger partial charge in [-0.2, -0.15) is 0 Å². The summed E-state index contributed by atoms with van der Waals surface area (Å²) in [4.78, 5) is 4.47. The molecule has 2 aromatic heterocycles. The van der Waals surface area contributed by atoms with Gasteiger partial charge < -0.3 is 4.42 Å². The second kappa shape index (κ2) is 7.58. The average molecular weight is 397 g/mol. The molecule has 0 amide bonds. The lowest BCUT2D eigenvalue weighted by atomic mass is 10.1. The van der Waals surface area contributed by atoms with E-state index in [2.05, 4.69) is 51.8 Å². The predicted octanol–water partition coefficient (Wildman–Crippen LogP) is 5.48. The third-order valence-corrected chi connectivity index (χ3v) is 5.30. The number of nitrogens with zero attached hydrogens (tertiary/aromatic N) is 4. The van der Waals surface area contributed by atoms with E-state index in [9.17, 15) is 0 Å². The Morgan fingerprint density at radius 2 is 1.89 bits per heavy atom. The molecule has 5 nitrogen and oxygen atoms in total. The first-order chi connectivity index (χ1) is 13.1. The Morgan fingerprint density at radius 3 is 2.67 bits per heavy atom. The van der Waals surface area contributed by atoms with Crippen LogP contribution < -0.4 is 0 Å². The second-order valence-electron chi connectivity index (χ2n) is 6.17. The van der Waals surface area contributed by atoms with E-state index in [1.54, 1.807) is 30.1 Å². The summed E-state index contributed by atoms with van der Waals surface area (Å²) in [5, 5.41) is 9.81. The fraction of sp³-hybridized carbons (Fsp3) is 0.150. The highest BCUT2D eigenvalue weighted by Gasteiger charge is 2.12. The van der Waals surface area contributed by atoms with Crippen molar-refractivity contribution in [3.63, 3.8) is 0 Å². The molecule has 0 aliphatic carbocycles. The molecular formula is C20H17ClN4OS. The standard InChI is InChI=1S/C20H17ClN4OS/c1-13-3-8-17(14(2)11-13)25-10-9-22-20(25)27-12-18-23-24-19(26-18)15-4-6-16(21)7-5-15/h3-11H,12H2,1-2H3. The van der Waals surface area contributed by atoms with Gasteiger partial charge in [-0.1, -0.05) is 41.1 Å². The van der Waals surface area contributed by atoms with E-state index >= 15 is 0 Å². The molecule has 0 unspecified atom stereocenters. The monoisotopic (exact) mass is 396 g/mol. The molecule has 2 aromatic carbocycles. The molecule has 0 bridgehead atoms. The minimum absolute atomic E-state index is 0.486. The van der Waals surface area contributed by atoms with Crippen molar-refractivity contribution in [2.45, 2.75) is 24.8 Å². The maximum Gasteiger partial charge on any atom is 0.247 e. The molecule has 0 saturated carbocycles. The van der Waals surface area contributed by atoms with Crippen LogP contribution in [-0.4, -0.2) is 19.7 Å². The van der Waals surface area contributed by atoms with Crippen LogP contribution in [-0.2, 0) is 5.75 Å². The summed E-state index contributed by atoms with van der Waals surface area (Å²) in [7, 11) is 0. The van der Waals surface area contributed by atoms with Crippen molar-refractivity contribution in [1.82, 2.24) is 19.7 Å². The van der Waals surface area contributed by atoms with Crippen LogP contribution in [0.3, 0.4) is 0 Å². The number of rotatable bonds is 5. The van der Waals surface area contributed by atoms with E-state index < -0.39 is 0 Å². The third-order valence-electron chi connectivity index (χ3n) is 4.10. The number of halogens is 1. The lowest BCUT2D eigenvalue weighted by molar-refractivity contribution is 0.528. The molecule has 0 fully saturated rings. The Kier molecular flexibility index (Phi) is 5.01. The topological polar surface area (TPSA) is 56.7 Å². The van der Waals surface area contributed by atoms with Crippen molar-refractivity contribution < 1.29 is 4.42 Å². The lowest BCUT2D eigenvalue weighted by Gasteiger charge is -2.10. The van der Waals surface area contributed by atoms with Crippen molar-refractivity contribution in [3.8, 4) is 17.1 Å². The molecule has 4 rings (SSSR count). The summed E-state index contributed by atoms with van der Waals surface area (Å²) >= 11 is 7.48. The zero-order valence-corrected chi connectivity index (χ0v) is 16.5. The summed E-state index contributed by atoms with van der Waals surface area (Å²) in [6, 6.07) is 13.7. The Labute approximate surface area is 166 Å². The van der Waals surface area contributed by atoms with Gasteiger partial charge in [0.05, 0.1) is 11.4 Å². The van der Waals surface area contributed by atoms with E-state index in [0.717, 1.165) is 16.4 Å². The molecule has 7 heteroatoms. The van der Waals surface area contributed by atoms with Crippen molar-refractivity contribution in [3.05, 3.63) is 76.9 Å². The number of aryl methyl sites for hydroxylation is 2. The summed E-state index contributed by atoms with van der Waals surface area (Å²) < 4.78 is 7.85. The molecular weight excluding hydrogens is 380 g/mol. The van der Waals surface area contributed by atoms with Gasteiger partial charge in [0.15, 0.2) is 5.16 Å². The van der Waals surface area contributed by atoms with Crippen LogP contribution in [0.15, 0.2) is 64.4 Å². The van der Waals surface area contributed by atoms with Gasteiger partial charge in [-0.25, -0.2) is 4.98 Å². The van der Waals surface area contributed by atoms with Crippen LogP contribution in [0.1, 0.15) is 17.0 Å². The summed E-state index contributed by atoms with van der Waals surface area (Å²) in [5.41, 5.74) is 4.41. The van der Waals surface area contributed by atoms with E-state index in [0.29, 0.717) is 22.6 Å². The molecule has 4 aromatic rings. The zero-order valence-electron chi connectivity index (χ0n) is 14.9. The Balaban J connectivity index is 1.50. The molecule has 0 aliphatic rings. The summed E-state index contributed by atoms with van der Waals surface area (Å²) in [5.74, 6) is 1.59. The van der Waals surface area contributed by atoms with Gasteiger partial charge in [-0.15, -0.1) is 10.2 Å². The molecule has 27 heavy (non-hydrogen) atoms. The lowest BCUT2D eigenvalue weighted by Crippen LogP contribution is -1.98. The summed E-state index contributed by atoms with van der Waals surface area (Å²) in [6.45, 7) is 4.20.